The zero-order chi connectivity index (χ0) is 11.6. The van der Waals surface area contributed by atoms with Crippen molar-refractivity contribution in [2.75, 3.05) is 0 Å². The zero-order valence-electron chi connectivity index (χ0n) is 9.60. The summed E-state index contributed by atoms with van der Waals surface area (Å²) in [6.07, 6.45) is 2.61. The van der Waals surface area contributed by atoms with Gasteiger partial charge < -0.3 is 5.73 Å². The first-order valence-corrected chi connectivity index (χ1v) is 6.20. The Balaban J connectivity index is 2.21. The van der Waals surface area contributed by atoms with Crippen LogP contribution in [0, 0.1) is 6.92 Å². The quantitative estimate of drug-likeness (QED) is 0.883. The van der Waals surface area contributed by atoms with Crippen molar-refractivity contribution in [3.05, 3.63) is 52.0 Å². The normalized spacial score (nSPS) is 14.7. The number of benzene rings is 1. The molecule has 0 aliphatic rings. The molecule has 0 radical (unpaired) electrons. The Morgan fingerprint density at radius 2 is 2.00 bits per heavy atom. The molecule has 2 N–H and O–H groups in total. The topological polar surface area (TPSA) is 38.9 Å². The number of nitrogens with two attached hydrogens (primary N) is 1. The Bertz CT molecular complexity index is 443. The van der Waals surface area contributed by atoms with Gasteiger partial charge in [-0.05, 0) is 19.4 Å². The maximum atomic E-state index is 6.35. The van der Waals surface area contributed by atoms with Gasteiger partial charge in [0, 0.05) is 23.5 Å². The van der Waals surface area contributed by atoms with Crippen LogP contribution >= 0.6 is 11.3 Å². The molecule has 1 aromatic carbocycles. The van der Waals surface area contributed by atoms with E-state index in [-0.39, 0.29) is 5.54 Å². The average Bonchev–Trinajstić information content (AvgIpc) is 2.70. The van der Waals surface area contributed by atoms with E-state index in [1.165, 1.54) is 5.56 Å². The van der Waals surface area contributed by atoms with Crippen LogP contribution in [0.4, 0.5) is 0 Å². The second kappa shape index (κ2) is 4.36. The number of thiazole rings is 1. The van der Waals surface area contributed by atoms with Crippen LogP contribution in [0.1, 0.15) is 23.1 Å². The van der Waals surface area contributed by atoms with Crippen LogP contribution in [0.2, 0.25) is 0 Å². The van der Waals surface area contributed by atoms with E-state index in [0.717, 1.165) is 17.0 Å². The summed E-state index contributed by atoms with van der Waals surface area (Å²) in [6.45, 7) is 4.14. The first-order chi connectivity index (χ1) is 7.58. The van der Waals surface area contributed by atoms with E-state index < -0.39 is 0 Å². The van der Waals surface area contributed by atoms with Crippen LogP contribution in [0.15, 0.2) is 35.8 Å². The molecule has 0 fully saturated rings. The summed E-state index contributed by atoms with van der Waals surface area (Å²) in [5.41, 5.74) is 8.42. The lowest BCUT2D eigenvalue weighted by molar-refractivity contribution is 0.490. The Hall–Kier alpha value is -1.19. The minimum absolute atomic E-state index is 0.342. The molecule has 1 atom stereocenters. The second-order valence-electron chi connectivity index (χ2n) is 4.39. The highest BCUT2D eigenvalue weighted by molar-refractivity contribution is 7.09. The Morgan fingerprint density at radius 1 is 1.31 bits per heavy atom. The van der Waals surface area contributed by atoms with Crippen molar-refractivity contribution in [2.24, 2.45) is 5.73 Å². The third kappa shape index (κ3) is 2.49. The van der Waals surface area contributed by atoms with E-state index in [4.69, 9.17) is 5.73 Å². The summed E-state index contributed by atoms with van der Waals surface area (Å²) in [4.78, 5) is 4.28. The molecule has 0 bridgehead atoms. The number of rotatable bonds is 3. The average molecular weight is 232 g/mol. The van der Waals surface area contributed by atoms with Crippen LogP contribution in [-0.4, -0.2) is 4.98 Å². The minimum Gasteiger partial charge on any atom is -0.321 e. The fourth-order valence-corrected chi connectivity index (χ4v) is 2.47. The van der Waals surface area contributed by atoms with E-state index in [1.54, 1.807) is 11.3 Å². The number of hydrogen-bond acceptors (Lipinski definition) is 3. The molecule has 2 aromatic rings. The lowest BCUT2D eigenvalue weighted by Crippen LogP contribution is -2.35. The van der Waals surface area contributed by atoms with E-state index in [1.807, 2.05) is 11.6 Å². The van der Waals surface area contributed by atoms with Crippen LogP contribution in [0.3, 0.4) is 0 Å². The van der Waals surface area contributed by atoms with Gasteiger partial charge in [0.2, 0.25) is 0 Å². The molecule has 0 saturated carbocycles. The largest absolute Gasteiger partial charge is 0.321 e. The summed E-state index contributed by atoms with van der Waals surface area (Å²) in [5, 5.41) is 3.08. The molecular formula is C13H16N2S. The van der Waals surface area contributed by atoms with Crippen molar-refractivity contribution in [1.29, 1.82) is 0 Å². The number of hydrogen-bond donors (Lipinski definition) is 1. The fraction of sp³-hybridized carbons (Fsp3) is 0.308. The van der Waals surface area contributed by atoms with Crippen molar-refractivity contribution in [2.45, 2.75) is 25.8 Å². The molecule has 0 aliphatic carbocycles. The number of aryl methyl sites for hydroxylation is 1. The predicted molar refractivity (Wildman–Crippen MR) is 68.5 cm³/mol. The highest BCUT2D eigenvalue weighted by atomic mass is 32.1. The Morgan fingerprint density at radius 3 is 2.56 bits per heavy atom. The number of nitrogens with zero attached hydrogens (tertiary/aromatic N) is 1. The van der Waals surface area contributed by atoms with Crippen LogP contribution in [0.25, 0.3) is 0 Å². The maximum absolute atomic E-state index is 6.35. The molecule has 3 heteroatoms. The van der Waals surface area contributed by atoms with Gasteiger partial charge in [-0.15, -0.1) is 11.3 Å². The second-order valence-corrected chi connectivity index (χ2v) is 5.37. The Labute approximate surface area is 100 Å². The van der Waals surface area contributed by atoms with Gasteiger partial charge in [-0.25, -0.2) is 4.98 Å². The summed E-state index contributed by atoms with van der Waals surface area (Å²) in [5.74, 6) is 0. The lowest BCUT2D eigenvalue weighted by atomic mass is 9.89. The van der Waals surface area contributed by atoms with Gasteiger partial charge in [-0.1, -0.05) is 29.8 Å². The van der Waals surface area contributed by atoms with Crippen molar-refractivity contribution < 1.29 is 0 Å². The lowest BCUT2D eigenvalue weighted by Gasteiger charge is -2.24. The predicted octanol–water partition coefficient (Wildman–Crippen LogP) is 2.87. The van der Waals surface area contributed by atoms with Crippen molar-refractivity contribution in [1.82, 2.24) is 4.98 Å². The van der Waals surface area contributed by atoms with E-state index in [0.29, 0.717) is 0 Å². The van der Waals surface area contributed by atoms with Gasteiger partial charge in [0.1, 0.15) is 0 Å². The standard InChI is InChI=1S/C13H16N2S/c1-10-3-5-11(6-4-10)13(2,14)9-12-15-7-8-16-12/h3-8H,9,14H2,1-2H3. The third-order valence-electron chi connectivity index (χ3n) is 2.71. The van der Waals surface area contributed by atoms with E-state index in [9.17, 15) is 0 Å². The zero-order valence-corrected chi connectivity index (χ0v) is 10.4. The molecule has 16 heavy (non-hydrogen) atoms. The van der Waals surface area contributed by atoms with E-state index >= 15 is 0 Å². The monoisotopic (exact) mass is 232 g/mol. The van der Waals surface area contributed by atoms with Crippen LogP contribution < -0.4 is 5.73 Å². The van der Waals surface area contributed by atoms with Gasteiger partial charge in [0.25, 0.3) is 0 Å². The molecule has 2 rings (SSSR count). The van der Waals surface area contributed by atoms with Crippen molar-refractivity contribution in [3.8, 4) is 0 Å². The highest BCUT2D eigenvalue weighted by Crippen LogP contribution is 2.23. The molecule has 0 aliphatic heterocycles. The van der Waals surface area contributed by atoms with Gasteiger partial charge in [0.15, 0.2) is 0 Å². The molecular weight excluding hydrogens is 216 g/mol. The molecule has 0 spiro atoms. The fourth-order valence-electron chi connectivity index (χ4n) is 1.69. The third-order valence-corrected chi connectivity index (χ3v) is 3.49. The molecule has 1 unspecified atom stereocenters. The minimum atomic E-state index is -0.342. The molecule has 84 valence electrons. The Kier molecular flexibility index (Phi) is 3.08. The SMILES string of the molecule is Cc1ccc(C(C)(N)Cc2nccs2)cc1. The summed E-state index contributed by atoms with van der Waals surface area (Å²) in [6, 6.07) is 8.40. The number of aromatic nitrogens is 1. The molecule has 2 nitrogen and oxygen atoms in total. The molecule has 1 heterocycles. The van der Waals surface area contributed by atoms with Gasteiger partial charge >= 0.3 is 0 Å². The van der Waals surface area contributed by atoms with E-state index in [2.05, 4.69) is 43.1 Å². The van der Waals surface area contributed by atoms with Crippen molar-refractivity contribution >= 4 is 11.3 Å². The first-order valence-electron chi connectivity index (χ1n) is 5.32. The highest BCUT2D eigenvalue weighted by Gasteiger charge is 2.22. The van der Waals surface area contributed by atoms with Crippen LogP contribution in [0.5, 0.6) is 0 Å². The van der Waals surface area contributed by atoms with Crippen molar-refractivity contribution in [3.63, 3.8) is 0 Å². The summed E-state index contributed by atoms with van der Waals surface area (Å²) in [7, 11) is 0. The first kappa shape index (κ1) is 11.3. The van der Waals surface area contributed by atoms with Crippen LogP contribution in [-0.2, 0) is 12.0 Å². The van der Waals surface area contributed by atoms with Gasteiger partial charge in [-0.2, -0.15) is 0 Å². The molecule has 1 aromatic heterocycles. The van der Waals surface area contributed by atoms with Gasteiger partial charge in [0.05, 0.1) is 5.01 Å². The maximum Gasteiger partial charge on any atom is 0.0946 e. The summed E-state index contributed by atoms with van der Waals surface area (Å²) >= 11 is 1.66. The summed E-state index contributed by atoms with van der Waals surface area (Å²) < 4.78 is 0. The van der Waals surface area contributed by atoms with Gasteiger partial charge in [-0.3, -0.25) is 0 Å². The smallest absolute Gasteiger partial charge is 0.0946 e. The molecule has 0 saturated heterocycles. The molecule has 0 amide bonds.